The lowest BCUT2D eigenvalue weighted by Crippen LogP contribution is -2.05. The Kier molecular flexibility index (Phi) is 8.84. The second kappa shape index (κ2) is 11.6. The minimum absolute atomic E-state index is 0.226. The Balaban J connectivity index is 0.000000191. The monoisotopic (exact) mass is 532 g/mol. The highest BCUT2D eigenvalue weighted by atomic mass is 35.5. The van der Waals surface area contributed by atoms with Crippen LogP contribution in [0.3, 0.4) is 0 Å². The number of nitrogens with two attached hydrogens (primary N) is 2. The van der Waals surface area contributed by atoms with Crippen molar-refractivity contribution in [3.63, 3.8) is 0 Å². The van der Waals surface area contributed by atoms with Crippen molar-refractivity contribution in [3.8, 4) is 0 Å². The summed E-state index contributed by atoms with van der Waals surface area (Å²) >= 11 is 23.7. The maximum Gasteiger partial charge on any atom is 0.196 e. The molecule has 0 saturated heterocycles. The number of aliphatic hydroxyl groups is 1. The van der Waals surface area contributed by atoms with Crippen LogP contribution < -0.4 is 11.5 Å². The van der Waals surface area contributed by atoms with Crippen molar-refractivity contribution in [2.45, 2.75) is 6.10 Å². The van der Waals surface area contributed by atoms with Crippen LogP contribution in [0.5, 0.6) is 0 Å². The molecule has 0 spiro atoms. The highest BCUT2D eigenvalue weighted by molar-refractivity contribution is 6.36. The Hall–Kier alpha value is -2.73. The molecular weight excluding hydrogens is 514 g/mol. The summed E-state index contributed by atoms with van der Waals surface area (Å²) in [4.78, 5) is 12.2. The van der Waals surface area contributed by atoms with E-state index in [9.17, 15) is 9.90 Å². The number of benzene rings is 4. The minimum Gasteiger partial charge on any atom is -0.398 e. The number of carbonyl (C=O) groups excluding carboxylic acids is 1. The van der Waals surface area contributed by atoms with Gasteiger partial charge in [0, 0.05) is 48.7 Å². The van der Waals surface area contributed by atoms with Gasteiger partial charge >= 0.3 is 0 Å². The molecule has 0 aliphatic rings. The molecule has 4 aromatic carbocycles. The number of rotatable bonds is 4. The van der Waals surface area contributed by atoms with Gasteiger partial charge in [-0.25, -0.2) is 0 Å². The van der Waals surface area contributed by atoms with E-state index in [0.29, 0.717) is 53.7 Å². The van der Waals surface area contributed by atoms with Crippen LogP contribution in [0.1, 0.15) is 33.2 Å². The van der Waals surface area contributed by atoms with Gasteiger partial charge in [-0.2, -0.15) is 0 Å². The fraction of sp³-hybridized carbons (Fsp3) is 0.0385. The van der Waals surface area contributed by atoms with Crippen LogP contribution in [0.25, 0.3) is 0 Å². The van der Waals surface area contributed by atoms with E-state index < -0.39 is 6.10 Å². The normalized spacial score (nSPS) is 11.3. The second-order valence-electron chi connectivity index (χ2n) is 7.24. The summed E-state index contributed by atoms with van der Waals surface area (Å²) in [5, 5.41) is 12.1. The van der Waals surface area contributed by atoms with Crippen LogP contribution in [0.4, 0.5) is 11.4 Å². The Morgan fingerprint density at radius 2 is 1.21 bits per heavy atom. The summed E-state index contributed by atoms with van der Waals surface area (Å²) in [7, 11) is 0. The molecule has 8 heteroatoms. The van der Waals surface area contributed by atoms with Gasteiger partial charge in [-0.05, 0) is 54.6 Å². The highest BCUT2D eigenvalue weighted by Gasteiger charge is 2.17. The fourth-order valence-corrected chi connectivity index (χ4v) is 3.98. The van der Waals surface area contributed by atoms with Crippen molar-refractivity contribution in [2.75, 3.05) is 11.5 Å². The molecule has 0 aromatic heterocycles. The van der Waals surface area contributed by atoms with E-state index in [1.54, 1.807) is 78.9 Å². The zero-order chi connectivity index (χ0) is 24.8. The first kappa shape index (κ1) is 25.9. The molecule has 4 aromatic rings. The van der Waals surface area contributed by atoms with E-state index in [1.165, 1.54) is 0 Å². The molecule has 0 aliphatic carbocycles. The fourth-order valence-electron chi connectivity index (χ4n) is 3.16. The van der Waals surface area contributed by atoms with Gasteiger partial charge in [-0.15, -0.1) is 0 Å². The number of ketones is 1. The molecule has 0 saturated carbocycles. The van der Waals surface area contributed by atoms with Gasteiger partial charge in [-0.1, -0.05) is 76.7 Å². The first-order valence-electron chi connectivity index (χ1n) is 10.0. The van der Waals surface area contributed by atoms with Gasteiger partial charge in [0.2, 0.25) is 0 Å². The average molecular weight is 534 g/mol. The van der Waals surface area contributed by atoms with Crippen LogP contribution in [0.2, 0.25) is 20.1 Å². The third-order valence-electron chi connectivity index (χ3n) is 4.92. The lowest BCUT2D eigenvalue weighted by molar-refractivity contribution is 0.103. The number of halogens is 4. The molecule has 0 fully saturated rings. The van der Waals surface area contributed by atoms with Crippen molar-refractivity contribution in [2.24, 2.45) is 0 Å². The van der Waals surface area contributed by atoms with Gasteiger partial charge in [0.15, 0.2) is 5.78 Å². The van der Waals surface area contributed by atoms with Crippen LogP contribution in [-0.4, -0.2) is 10.9 Å². The summed E-state index contributed by atoms with van der Waals surface area (Å²) < 4.78 is 0. The summed E-state index contributed by atoms with van der Waals surface area (Å²) in [5.41, 5.74) is 14.4. The Morgan fingerprint density at radius 1 is 0.647 bits per heavy atom. The third-order valence-corrected chi connectivity index (χ3v) is 6.07. The number of hydrogen-bond acceptors (Lipinski definition) is 4. The largest absolute Gasteiger partial charge is 0.398 e. The Labute approximate surface area is 217 Å². The van der Waals surface area contributed by atoms with E-state index in [1.807, 2.05) is 6.07 Å². The third kappa shape index (κ3) is 6.23. The number of hydrogen-bond donors (Lipinski definition) is 3. The standard InChI is InChI=1S/C13H11Cl2NO.C13H9Cl2NO/c2*14-8-5-6-12(16)10(7-8)13(17)9-3-1-2-4-11(9)15/h1-7,13,17H,16H2;1-7H,16H2. The predicted molar refractivity (Wildman–Crippen MR) is 142 cm³/mol. The molecule has 0 amide bonds. The van der Waals surface area contributed by atoms with Gasteiger partial charge in [0.1, 0.15) is 6.10 Å². The molecule has 0 radical (unpaired) electrons. The Morgan fingerprint density at radius 3 is 1.85 bits per heavy atom. The zero-order valence-electron chi connectivity index (χ0n) is 17.7. The topological polar surface area (TPSA) is 89.3 Å². The number of carbonyl (C=O) groups is 1. The van der Waals surface area contributed by atoms with E-state index >= 15 is 0 Å². The van der Waals surface area contributed by atoms with Crippen molar-refractivity contribution in [1.82, 2.24) is 0 Å². The molecule has 0 aliphatic heterocycles. The van der Waals surface area contributed by atoms with Gasteiger partial charge in [-0.3, -0.25) is 4.79 Å². The Bertz CT molecular complexity index is 1330. The summed E-state index contributed by atoms with van der Waals surface area (Å²) in [6, 6.07) is 23.7. The zero-order valence-corrected chi connectivity index (χ0v) is 20.7. The molecule has 0 bridgehead atoms. The first-order valence-corrected chi connectivity index (χ1v) is 11.5. The predicted octanol–water partition coefficient (Wildman–Crippen LogP) is 7.46. The molecule has 4 rings (SSSR count). The van der Waals surface area contributed by atoms with Crippen LogP contribution in [0.15, 0.2) is 84.9 Å². The maximum atomic E-state index is 12.2. The first-order chi connectivity index (χ1) is 16.2. The van der Waals surface area contributed by atoms with Gasteiger partial charge < -0.3 is 16.6 Å². The van der Waals surface area contributed by atoms with Crippen LogP contribution in [0, 0.1) is 0 Å². The maximum absolute atomic E-state index is 12.2. The van der Waals surface area contributed by atoms with E-state index in [2.05, 4.69) is 0 Å². The van der Waals surface area contributed by atoms with Crippen molar-refractivity contribution in [3.05, 3.63) is 127 Å². The molecule has 174 valence electrons. The molecule has 0 heterocycles. The average Bonchev–Trinajstić information content (AvgIpc) is 2.82. The highest BCUT2D eigenvalue weighted by Crippen LogP contribution is 2.32. The summed E-state index contributed by atoms with van der Waals surface area (Å²) in [6.07, 6.45) is -0.873. The van der Waals surface area contributed by atoms with Crippen molar-refractivity contribution < 1.29 is 9.90 Å². The number of nitrogen functional groups attached to an aromatic ring is 2. The van der Waals surface area contributed by atoms with E-state index in [4.69, 9.17) is 57.9 Å². The summed E-state index contributed by atoms with van der Waals surface area (Å²) in [5.74, 6) is -0.226. The lowest BCUT2D eigenvalue weighted by Gasteiger charge is -2.15. The van der Waals surface area contributed by atoms with Gasteiger partial charge in [0.25, 0.3) is 0 Å². The van der Waals surface area contributed by atoms with E-state index in [-0.39, 0.29) is 5.78 Å². The van der Waals surface area contributed by atoms with Gasteiger partial charge in [0.05, 0.1) is 5.02 Å². The molecule has 1 unspecified atom stereocenters. The molecule has 34 heavy (non-hydrogen) atoms. The lowest BCUT2D eigenvalue weighted by atomic mass is 10.00. The molecular formula is C26H20Cl4N2O2. The molecule has 4 nitrogen and oxygen atoms in total. The number of aliphatic hydroxyl groups excluding tert-OH is 1. The molecule has 1 atom stereocenters. The quantitative estimate of drug-likeness (QED) is 0.187. The number of anilines is 2. The SMILES string of the molecule is Nc1ccc(Cl)cc1C(=O)c1ccccc1Cl.Nc1ccc(Cl)cc1C(O)c1ccccc1Cl. The molecule has 5 N–H and O–H groups in total. The minimum atomic E-state index is -0.873. The summed E-state index contributed by atoms with van der Waals surface area (Å²) in [6.45, 7) is 0. The van der Waals surface area contributed by atoms with Crippen molar-refractivity contribution >= 4 is 63.6 Å². The van der Waals surface area contributed by atoms with E-state index in [0.717, 1.165) is 0 Å². The van der Waals surface area contributed by atoms with Crippen molar-refractivity contribution in [1.29, 1.82) is 0 Å². The second-order valence-corrected chi connectivity index (χ2v) is 8.93. The van der Waals surface area contributed by atoms with Crippen LogP contribution >= 0.6 is 46.4 Å². The van der Waals surface area contributed by atoms with Crippen LogP contribution in [-0.2, 0) is 0 Å². The smallest absolute Gasteiger partial charge is 0.196 e.